The number of ether oxygens (including phenoxy) is 1. The van der Waals surface area contributed by atoms with E-state index in [1.165, 1.54) is 24.0 Å². The van der Waals surface area contributed by atoms with Gasteiger partial charge in [0.25, 0.3) is 0 Å². The largest absolute Gasteiger partial charge is 0.379 e. The predicted octanol–water partition coefficient (Wildman–Crippen LogP) is 2.37. The van der Waals surface area contributed by atoms with Crippen LogP contribution in [0.5, 0.6) is 0 Å². The number of nitrogens with one attached hydrogen (secondary N) is 1. The van der Waals surface area contributed by atoms with E-state index in [1.807, 2.05) is 0 Å². The first-order chi connectivity index (χ1) is 9.81. The van der Waals surface area contributed by atoms with E-state index in [-0.39, 0.29) is 0 Å². The van der Waals surface area contributed by atoms with Gasteiger partial charge in [0.2, 0.25) is 0 Å². The molecule has 1 aromatic carbocycles. The fourth-order valence-electron chi connectivity index (χ4n) is 2.85. The topological polar surface area (TPSA) is 24.5 Å². The minimum absolute atomic E-state index is 0.524. The lowest BCUT2D eigenvalue weighted by molar-refractivity contribution is 0.0343. The van der Waals surface area contributed by atoms with Gasteiger partial charge in [-0.25, -0.2) is 0 Å². The zero-order valence-electron chi connectivity index (χ0n) is 12.5. The van der Waals surface area contributed by atoms with Crippen LogP contribution < -0.4 is 5.32 Å². The van der Waals surface area contributed by atoms with Crippen LogP contribution in [-0.4, -0.2) is 43.8 Å². The number of hydrogen-bond donors (Lipinski definition) is 1. The highest BCUT2D eigenvalue weighted by Crippen LogP contribution is 2.39. The highest BCUT2D eigenvalue weighted by atomic mass is 16.5. The normalized spacial score (nSPS) is 21.9. The van der Waals surface area contributed by atoms with Crippen molar-refractivity contribution in [1.82, 2.24) is 10.2 Å². The fourth-order valence-corrected chi connectivity index (χ4v) is 2.85. The number of hydrogen-bond acceptors (Lipinski definition) is 3. The summed E-state index contributed by atoms with van der Waals surface area (Å²) in [7, 11) is 0. The van der Waals surface area contributed by atoms with E-state index in [9.17, 15) is 0 Å². The van der Waals surface area contributed by atoms with Crippen molar-refractivity contribution in [3.05, 3.63) is 35.4 Å². The lowest BCUT2D eigenvalue weighted by Crippen LogP contribution is -2.44. The molecule has 1 aliphatic carbocycles. The Kier molecular flexibility index (Phi) is 4.71. The van der Waals surface area contributed by atoms with Gasteiger partial charge in [-0.1, -0.05) is 24.3 Å². The van der Waals surface area contributed by atoms with Gasteiger partial charge in [-0.2, -0.15) is 0 Å². The fraction of sp³-hybridized carbons (Fsp3) is 0.647. The Morgan fingerprint density at radius 3 is 2.55 bits per heavy atom. The average Bonchev–Trinajstić information content (AvgIpc) is 3.31. The molecule has 1 aromatic rings. The molecule has 2 aliphatic rings. The molecular weight excluding hydrogens is 248 g/mol. The quantitative estimate of drug-likeness (QED) is 0.862. The predicted molar refractivity (Wildman–Crippen MR) is 82.0 cm³/mol. The van der Waals surface area contributed by atoms with Crippen LogP contribution in [0.3, 0.4) is 0 Å². The van der Waals surface area contributed by atoms with Gasteiger partial charge >= 0.3 is 0 Å². The first-order valence-electron chi connectivity index (χ1n) is 7.93. The van der Waals surface area contributed by atoms with E-state index in [4.69, 9.17) is 4.74 Å². The van der Waals surface area contributed by atoms with Crippen LogP contribution in [0.15, 0.2) is 24.3 Å². The Hall–Kier alpha value is -0.900. The highest BCUT2D eigenvalue weighted by Gasteiger charge is 2.22. The van der Waals surface area contributed by atoms with Crippen molar-refractivity contribution >= 4 is 0 Å². The molecule has 1 heterocycles. The lowest BCUT2D eigenvalue weighted by Gasteiger charge is -2.29. The summed E-state index contributed by atoms with van der Waals surface area (Å²) in [5, 5.41) is 3.63. The first-order valence-corrected chi connectivity index (χ1v) is 7.93. The summed E-state index contributed by atoms with van der Waals surface area (Å²) in [4.78, 5) is 2.48. The second-order valence-electron chi connectivity index (χ2n) is 6.21. The van der Waals surface area contributed by atoms with Gasteiger partial charge in [0.05, 0.1) is 13.2 Å². The average molecular weight is 274 g/mol. The molecule has 0 radical (unpaired) electrons. The molecule has 3 heteroatoms. The molecule has 1 saturated carbocycles. The van der Waals surface area contributed by atoms with E-state index < -0.39 is 0 Å². The number of benzene rings is 1. The van der Waals surface area contributed by atoms with Crippen LogP contribution >= 0.6 is 0 Å². The Morgan fingerprint density at radius 1 is 1.20 bits per heavy atom. The molecule has 0 spiro atoms. The van der Waals surface area contributed by atoms with Crippen molar-refractivity contribution in [3.8, 4) is 0 Å². The number of morpholine rings is 1. The SMILES string of the molecule is CC(CN1CCOCC1)NCc1ccc(C2CC2)cc1. The first kappa shape index (κ1) is 14.1. The summed E-state index contributed by atoms with van der Waals surface area (Å²) in [6, 6.07) is 9.70. The van der Waals surface area contributed by atoms with Crippen molar-refractivity contribution in [2.24, 2.45) is 0 Å². The van der Waals surface area contributed by atoms with Gasteiger partial charge in [-0.3, -0.25) is 4.90 Å². The molecule has 1 unspecified atom stereocenters. The van der Waals surface area contributed by atoms with Crippen LogP contribution in [0.1, 0.15) is 36.8 Å². The molecule has 110 valence electrons. The molecule has 0 aromatic heterocycles. The van der Waals surface area contributed by atoms with E-state index in [0.29, 0.717) is 6.04 Å². The van der Waals surface area contributed by atoms with Crippen LogP contribution in [0.25, 0.3) is 0 Å². The van der Waals surface area contributed by atoms with Gasteiger partial charge in [0.15, 0.2) is 0 Å². The molecule has 1 aliphatic heterocycles. The zero-order valence-corrected chi connectivity index (χ0v) is 12.5. The van der Waals surface area contributed by atoms with E-state index in [0.717, 1.165) is 45.3 Å². The second-order valence-corrected chi connectivity index (χ2v) is 6.21. The molecule has 3 nitrogen and oxygen atoms in total. The monoisotopic (exact) mass is 274 g/mol. The van der Waals surface area contributed by atoms with Crippen molar-refractivity contribution in [2.45, 2.75) is 38.3 Å². The Bertz CT molecular complexity index is 408. The molecule has 2 fully saturated rings. The molecule has 0 amide bonds. The third-order valence-electron chi connectivity index (χ3n) is 4.32. The van der Waals surface area contributed by atoms with Crippen LogP contribution in [0.4, 0.5) is 0 Å². The van der Waals surface area contributed by atoms with Crippen molar-refractivity contribution in [2.75, 3.05) is 32.8 Å². The van der Waals surface area contributed by atoms with E-state index in [2.05, 4.69) is 41.4 Å². The van der Waals surface area contributed by atoms with Gasteiger partial charge in [-0.05, 0) is 36.8 Å². The number of rotatable bonds is 6. The minimum Gasteiger partial charge on any atom is -0.379 e. The maximum Gasteiger partial charge on any atom is 0.0594 e. The van der Waals surface area contributed by atoms with Crippen LogP contribution in [0.2, 0.25) is 0 Å². The van der Waals surface area contributed by atoms with Gasteiger partial charge < -0.3 is 10.1 Å². The molecule has 0 bridgehead atoms. The summed E-state index contributed by atoms with van der Waals surface area (Å²) < 4.78 is 5.38. The maximum atomic E-state index is 5.38. The second kappa shape index (κ2) is 6.70. The van der Waals surface area contributed by atoms with Crippen LogP contribution in [-0.2, 0) is 11.3 Å². The standard InChI is InChI=1S/C17H26N2O/c1-14(13-19-8-10-20-11-9-19)18-12-15-2-4-16(5-3-15)17-6-7-17/h2-5,14,17-18H,6-13H2,1H3. The number of nitrogens with zero attached hydrogens (tertiary/aromatic N) is 1. The van der Waals surface area contributed by atoms with Gasteiger partial charge in [-0.15, -0.1) is 0 Å². The summed E-state index contributed by atoms with van der Waals surface area (Å²) in [6.07, 6.45) is 2.77. The molecule has 1 N–H and O–H groups in total. The smallest absolute Gasteiger partial charge is 0.0594 e. The van der Waals surface area contributed by atoms with Crippen molar-refractivity contribution in [3.63, 3.8) is 0 Å². The third kappa shape index (κ3) is 4.05. The van der Waals surface area contributed by atoms with Crippen LogP contribution in [0, 0.1) is 0 Å². The molecule has 20 heavy (non-hydrogen) atoms. The van der Waals surface area contributed by atoms with Gasteiger partial charge in [0, 0.05) is 32.2 Å². The highest BCUT2D eigenvalue weighted by molar-refractivity contribution is 5.27. The van der Waals surface area contributed by atoms with Crippen molar-refractivity contribution < 1.29 is 4.74 Å². The lowest BCUT2D eigenvalue weighted by atomic mass is 10.1. The molecule has 1 saturated heterocycles. The minimum atomic E-state index is 0.524. The zero-order chi connectivity index (χ0) is 13.8. The summed E-state index contributed by atoms with van der Waals surface area (Å²) in [6.45, 7) is 8.27. The Balaban J connectivity index is 1.41. The summed E-state index contributed by atoms with van der Waals surface area (Å²) >= 11 is 0. The molecular formula is C17H26N2O. The Labute approximate surface area is 122 Å². The van der Waals surface area contributed by atoms with Gasteiger partial charge in [0.1, 0.15) is 0 Å². The summed E-state index contributed by atoms with van der Waals surface area (Å²) in [5.41, 5.74) is 2.92. The van der Waals surface area contributed by atoms with Crippen molar-refractivity contribution in [1.29, 1.82) is 0 Å². The van der Waals surface area contributed by atoms with E-state index >= 15 is 0 Å². The molecule has 3 rings (SSSR count). The molecule has 1 atom stereocenters. The third-order valence-corrected chi connectivity index (χ3v) is 4.32. The Morgan fingerprint density at radius 2 is 1.90 bits per heavy atom. The summed E-state index contributed by atoms with van der Waals surface area (Å²) in [5.74, 6) is 0.859. The van der Waals surface area contributed by atoms with E-state index in [1.54, 1.807) is 0 Å². The maximum absolute atomic E-state index is 5.38.